The molecule has 0 aliphatic rings. The SMILES string of the molecule is C=C[C@H](C)OC(=O)c1cc(OC(F)F)n(C)n1. The lowest BCUT2D eigenvalue weighted by Gasteiger charge is -2.05. The van der Waals surface area contributed by atoms with Gasteiger partial charge in [0.25, 0.3) is 0 Å². The van der Waals surface area contributed by atoms with Crippen LogP contribution >= 0.6 is 0 Å². The van der Waals surface area contributed by atoms with Crippen LogP contribution in [0.4, 0.5) is 8.78 Å². The van der Waals surface area contributed by atoms with E-state index < -0.39 is 18.7 Å². The summed E-state index contributed by atoms with van der Waals surface area (Å²) in [5.74, 6) is -0.935. The van der Waals surface area contributed by atoms with Crippen LogP contribution in [0.1, 0.15) is 17.4 Å². The molecule has 1 rings (SSSR count). The Kier molecular flexibility index (Phi) is 4.19. The maximum Gasteiger partial charge on any atom is 0.388 e. The van der Waals surface area contributed by atoms with Gasteiger partial charge in [0.15, 0.2) is 5.69 Å². The number of aryl methyl sites for hydroxylation is 1. The van der Waals surface area contributed by atoms with Crippen molar-refractivity contribution in [2.24, 2.45) is 7.05 Å². The van der Waals surface area contributed by atoms with Gasteiger partial charge < -0.3 is 9.47 Å². The molecule has 0 saturated heterocycles. The first-order valence-electron chi connectivity index (χ1n) is 4.76. The van der Waals surface area contributed by atoms with E-state index in [0.29, 0.717) is 0 Å². The largest absolute Gasteiger partial charge is 0.454 e. The molecule has 0 amide bonds. The van der Waals surface area contributed by atoms with Crippen LogP contribution in [0.2, 0.25) is 0 Å². The van der Waals surface area contributed by atoms with Crippen LogP contribution in [0.3, 0.4) is 0 Å². The first-order chi connectivity index (χ1) is 7.93. The number of alkyl halides is 2. The van der Waals surface area contributed by atoms with Crippen molar-refractivity contribution in [3.8, 4) is 5.88 Å². The van der Waals surface area contributed by atoms with Gasteiger partial charge in [-0.05, 0) is 6.92 Å². The lowest BCUT2D eigenvalue weighted by molar-refractivity contribution is -0.0553. The molecular formula is C10H12F2N2O3. The fraction of sp³-hybridized carbons (Fsp3) is 0.400. The molecular weight excluding hydrogens is 234 g/mol. The molecule has 0 spiro atoms. The molecule has 1 heterocycles. The van der Waals surface area contributed by atoms with Gasteiger partial charge in [-0.25, -0.2) is 9.48 Å². The molecule has 1 atom stereocenters. The smallest absolute Gasteiger partial charge is 0.388 e. The fourth-order valence-corrected chi connectivity index (χ4v) is 1.03. The lowest BCUT2D eigenvalue weighted by Crippen LogP contribution is -2.13. The Morgan fingerprint density at radius 2 is 2.29 bits per heavy atom. The normalized spacial score (nSPS) is 12.3. The zero-order valence-corrected chi connectivity index (χ0v) is 9.39. The van der Waals surface area contributed by atoms with Crippen LogP contribution in [0.15, 0.2) is 18.7 Å². The van der Waals surface area contributed by atoms with E-state index in [1.165, 1.54) is 13.1 Å². The minimum absolute atomic E-state index is 0.100. The Bertz CT molecular complexity index is 418. The third-order valence-electron chi connectivity index (χ3n) is 1.88. The monoisotopic (exact) mass is 246 g/mol. The molecule has 0 N–H and O–H groups in total. The number of rotatable bonds is 5. The summed E-state index contributed by atoms with van der Waals surface area (Å²) >= 11 is 0. The van der Waals surface area contributed by atoms with Crippen molar-refractivity contribution >= 4 is 5.97 Å². The lowest BCUT2D eigenvalue weighted by atomic mass is 10.4. The van der Waals surface area contributed by atoms with Crippen molar-refractivity contribution in [1.29, 1.82) is 0 Å². The van der Waals surface area contributed by atoms with E-state index in [0.717, 1.165) is 10.7 Å². The molecule has 7 heteroatoms. The first-order valence-corrected chi connectivity index (χ1v) is 4.76. The van der Waals surface area contributed by atoms with Crippen molar-refractivity contribution < 1.29 is 23.0 Å². The van der Waals surface area contributed by atoms with Gasteiger partial charge in [-0.1, -0.05) is 12.7 Å². The Morgan fingerprint density at radius 3 is 2.82 bits per heavy atom. The summed E-state index contributed by atoms with van der Waals surface area (Å²) in [5, 5.41) is 3.70. The minimum Gasteiger partial charge on any atom is -0.454 e. The number of carbonyl (C=O) groups is 1. The van der Waals surface area contributed by atoms with E-state index in [4.69, 9.17) is 4.74 Å². The predicted octanol–water partition coefficient (Wildman–Crippen LogP) is 1.75. The molecule has 0 aromatic carbocycles. The molecule has 1 aromatic heterocycles. The van der Waals surface area contributed by atoms with Gasteiger partial charge in [0.1, 0.15) is 6.10 Å². The number of esters is 1. The number of halogens is 2. The zero-order valence-electron chi connectivity index (χ0n) is 9.39. The number of nitrogens with zero attached hydrogens (tertiary/aromatic N) is 2. The number of hydrogen-bond donors (Lipinski definition) is 0. The molecule has 0 aliphatic heterocycles. The molecule has 94 valence electrons. The van der Waals surface area contributed by atoms with Crippen LogP contribution < -0.4 is 4.74 Å². The minimum atomic E-state index is -2.97. The van der Waals surface area contributed by atoms with Crippen molar-refractivity contribution in [3.63, 3.8) is 0 Å². The van der Waals surface area contributed by atoms with E-state index in [2.05, 4.69) is 16.4 Å². The van der Waals surface area contributed by atoms with Gasteiger partial charge in [0.2, 0.25) is 5.88 Å². The summed E-state index contributed by atoms with van der Waals surface area (Å²) in [6.45, 7) is 2.09. The van der Waals surface area contributed by atoms with Crippen molar-refractivity contribution in [2.45, 2.75) is 19.6 Å². The second-order valence-corrected chi connectivity index (χ2v) is 3.22. The topological polar surface area (TPSA) is 53.4 Å². The predicted molar refractivity (Wildman–Crippen MR) is 54.9 cm³/mol. The molecule has 1 aromatic rings. The van der Waals surface area contributed by atoms with Crippen LogP contribution in [0.5, 0.6) is 5.88 Å². The molecule has 0 radical (unpaired) electrons. The molecule has 17 heavy (non-hydrogen) atoms. The van der Waals surface area contributed by atoms with Gasteiger partial charge in [-0.2, -0.15) is 13.9 Å². The van der Waals surface area contributed by atoms with Crippen LogP contribution in [0, 0.1) is 0 Å². The van der Waals surface area contributed by atoms with Gasteiger partial charge in [0, 0.05) is 13.1 Å². The summed E-state index contributed by atoms with van der Waals surface area (Å²) in [6, 6.07) is 1.09. The highest BCUT2D eigenvalue weighted by molar-refractivity contribution is 5.87. The summed E-state index contributed by atoms with van der Waals surface area (Å²) in [5.41, 5.74) is -0.100. The Labute approximate surface area is 96.6 Å². The quantitative estimate of drug-likeness (QED) is 0.586. The standard InChI is InChI=1S/C10H12F2N2O3/c1-4-6(2)16-9(15)7-5-8(14(3)13-7)17-10(11)12/h4-6,10H,1H2,2-3H3/t6-/m0/s1. The number of carbonyl (C=O) groups excluding carboxylic acids is 1. The van der Waals surface area contributed by atoms with Gasteiger partial charge in [-0.3, -0.25) is 0 Å². The molecule has 5 nitrogen and oxygen atoms in total. The average molecular weight is 246 g/mol. The zero-order chi connectivity index (χ0) is 13.0. The van der Waals surface area contributed by atoms with Crippen LogP contribution in [-0.4, -0.2) is 28.5 Å². The van der Waals surface area contributed by atoms with Crippen molar-refractivity contribution in [1.82, 2.24) is 9.78 Å². The highest BCUT2D eigenvalue weighted by Gasteiger charge is 2.18. The Balaban J connectivity index is 2.78. The van der Waals surface area contributed by atoms with Crippen molar-refractivity contribution in [3.05, 3.63) is 24.4 Å². The number of ether oxygens (including phenoxy) is 2. The molecule has 0 bridgehead atoms. The number of aromatic nitrogens is 2. The van der Waals surface area contributed by atoms with Crippen LogP contribution in [0.25, 0.3) is 0 Å². The van der Waals surface area contributed by atoms with E-state index in [1.54, 1.807) is 6.92 Å². The fourth-order valence-electron chi connectivity index (χ4n) is 1.03. The summed E-state index contributed by atoms with van der Waals surface area (Å²) < 4.78 is 34.0. The molecule has 0 saturated carbocycles. The Morgan fingerprint density at radius 1 is 1.65 bits per heavy atom. The van der Waals surface area contributed by atoms with E-state index in [-0.39, 0.29) is 11.6 Å². The first kappa shape index (κ1) is 13.1. The maximum atomic E-state index is 12.0. The summed E-state index contributed by atoms with van der Waals surface area (Å²) in [4.78, 5) is 11.5. The highest BCUT2D eigenvalue weighted by Crippen LogP contribution is 2.15. The maximum absolute atomic E-state index is 12.0. The second kappa shape index (κ2) is 5.42. The van der Waals surface area contributed by atoms with Gasteiger partial charge in [-0.15, -0.1) is 0 Å². The summed E-state index contributed by atoms with van der Waals surface area (Å²) in [7, 11) is 1.38. The van der Waals surface area contributed by atoms with Gasteiger partial charge >= 0.3 is 12.6 Å². The number of hydrogen-bond acceptors (Lipinski definition) is 4. The van der Waals surface area contributed by atoms with E-state index in [9.17, 15) is 13.6 Å². The molecule has 0 fully saturated rings. The Hall–Kier alpha value is -1.92. The van der Waals surface area contributed by atoms with Crippen LogP contribution in [-0.2, 0) is 11.8 Å². The molecule has 0 unspecified atom stereocenters. The van der Waals surface area contributed by atoms with Crippen molar-refractivity contribution in [2.75, 3.05) is 0 Å². The second-order valence-electron chi connectivity index (χ2n) is 3.22. The third kappa shape index (κ3) is 3.54. The highest BCUT2D eigenvalue weighted by atomic mass is 19.3. The third-order valence-corrected chi connectivity index (χ3v) is 1.88. The summed E-state index contributed by atoms with van der Waals surface area (Å²) in [6.07, 6.45) is 0.946. The molecule has 0 aliphatic carbocycles. The van der Waals surface area contributed by atoms with E-state index >= 15 is 0 Å². The van der Waals surface area contributed by atoms with Gasteiger partial charge in [0.05, 0.1) is 0 Å². The average Bonchev–Trinajstić information content (AvgIpc) is 2.59. The van der Waals surface area contributed by atoms with E-state index in [1.807, 2.05) is 0 Å².